The largest absolute Gasteiger partial charge is 0.319 e. The summed E-state index contributed by atoms with van der Waals surface area (Å²) in [5.74, 6) is 2.63. The summed E-state index contributed by atoms with van der Waals surface area (Å²) in [6.07, 6.45) is 7.54. The summed E-state index contributed by atoms with van der Waals surface area (Å²) in [7, 11) is 0. The lowest BCUT2D eigenvalue weighted by molar-refractivity contribution is 0.0667. The molecule has 0 radical (unpaired) electrons. The molecule has 0 atom stereocenters. The first kappa shape index (κ1) is 9.68. The third-order valence-electron chi connectivity index (χ3n) is 1.47. The summed E-state index contributed by atoms with van der Waals surface area (Å²) < 4.78 is 25.2. The zero-order valence-electron chi connectivity index (χ0n) is 6.87. The van der Waals surface area contributed by atoms with Crippen molar-refractivity contribution in [3.05, 3.63) is 18.2 Å². The summed E-state index contributed by atoms with van der Waals surface area (Å²) in [6.45, 7) is -1.96. The molecule has 0 fully saturated rings. The molecule has 0 bridgehead atoms. The summed E-state index contributed by atoms with van der Waals surface area (Å²) in [5.41, 5.74) is 0. The normalized spacial score (nSPS) is 10.3. The van der Waals surface area contributed by atoms with Crippen molar-refractivity contribution in [2.24, 2.45) is 0 Å². The van der Waals surface area contributed by atoms with Gasteiger partial charge in [-0.1, -0.05) is 5.92 Å². The molecule has 0 aliphatic carbocycles. The lowest BCUT2D eigenvalue weighted by Gasteiger charge is -2.05. The van der Waals surface area contributed by atoms with Crippen LogP contribution in [0.25, 0.3) is 0 Å². The van der Waals surface area contributed by atoms with Crippen molar-refractivity contribution < 1.29 is 8.78 Å². The standard InChI is InChI=1S/C8H9F2N3/c1-2-3-11-6-7-12-4-5-13(7)8(9)10/h1,4-5,8,11H,3,6H2. The van der Waals surface area contributed by atoms with Crippen molar-refractivity contribution in [1.82, 2.24) is 14.9 Å². The Labute approximate surface area is 74.8 Å². The maximum absolute atomic E-state index is 12.2. The van der Waals surface area contributed by atoms with Crippen LogP contribution in [0, 0.1) is 12.3 Å². The van der Waals surface area contributed by atoms with E-state index in [4.69, 9.17) is 6.42 Å². The van der Waals surface area contributed by atoms with Gasteiger partial charge in [-0.25, -0.2) is 4.98 Å². The summed E-state index contributed by atoms with van der Waals surface area (Å²) in [5, 5.41) is 2.78. The van der Waals surface area contributed by atoms with Gasteiger partial charge in [0, 0.05) is 12.4 Å². The second-order valence-corrected chi connectivity index (χ2v) is 2.34. The van der Waals surface area contributed by atoms with Gasteiger partial charge >= 0.3 is 6.55 Å². The first-order valence-electron chi connectivity index (χ1n) is 3.69. The van der Waals surface area contributed by atoms with Crippen LogP contribution in [0.15, 0.2) is 12.4 Å². The highest BCUT2D eigenvalue weighted by atomic mass is 19.3. The molecule has 1 rings (SSSR count). The highest BCUT2D eigenvalue weighted by Crippen LogP contribution is 2.11. The number of hydrogen-bond donors (Lipinski definition) is 1. The quantitative estimate of drug-likeness (QED) is 0.560. The highest BCUT2D eigenvalue weighted by molar-refractivity contribution is 4.94. The van der Waals surface area contributed by atoms with Crippen LogP contribution >= 0.6 is 0 Å². The molecule has 1 aromatic rings. The van der Waals surface area contributed by atoms with Gasteiger partial charge in [-0.3, -0.25) is 9.88 Å². The first-order valence-corrected chi connectivity index (χ1v) is 3.69. The number of imidazole rings is 1. The number of hydrogen-bond acceptors (Lipinski definition) is 2. The second kappa shape index (κ2) is 4.58. The van der Waals surface area contributed by atoms with Crippen LogP contribution in [0.2, 0.25) is 0 Å². The van der Waals surface area contributed by atoms with Gasteiger partial charge in [0.1, 0.15) is 5.82 Å². The van der Waals surface area contributed by atoms with Crippen LogP contribution in [-0.4, -0.2) is 16.1 Å². The molecule has 1 heterocycles. The highest BCUT2D eigenvalue weighted by Gasteiger charge is 2.09. The molecular weight excluding hydrogens is 176 g/mol. The number of nitrogens with one attached hydrogen (secondary N) is 1. The Kier molecular flexibility index (Phi) is 3.41. The molecule has 13 heavy (non-hydrogen) atoms. The topological polar surface area (TPSA) is 29.9 Å². The third kappa shape index (κ3) is 2.53. The number of nitrogens with zero attached hydrogens (tertiary/aromatic N) is 2. The molecule has 70 valence electrons. The third-order valence-corrected chi connectivity index (χ3v) is 1.47. The Bertz CT molecular complexity index is 301. The van der Waals surface area contributed by atoms with E-state index in [0.717, 1.165) is 4.57 Å². The molecule has 0 amide bonds. The van der Waals surface area contributed by atoms with Gasteiger partial charge in [0.2, 0.25) is 0 Å². The molecule has 0 aliphatic rings. The first-order chi connectivity index (χ1) is 6.25. The minimum absolute atomic E-state index is 0.252. The van der Waals surface area contributed by atoms with Gasteiger partial charge in [-0.05, 0) is 0 Å². The summed E-state index contributed by atoms with van der Waals surface area (Å²) >= 11 is 0. The van der Waals surface area contributed by atoms with Crippen molar-refractivity contribution in [1.29, 1.82) is 0 Å². The van der Waals surface area contributed by atoms with Crippen LogP contribution in [0.5, 0.6) is 0 Å². The Morgan fingerprint density at radius 1 is 1.69 bits per heavy atom. The zero-order chi connectivity index (χ0) is 9.68. The minimum atomic E-state index is -2.55. The van der Waals surface area contributed by atoms with Gasteiger partial charge < -0.3 is 0 Å². The average Bonchev–Trinajstić information content (AvgIpc) is 2.53. The smallest absolute Gasteiger partial charge is 0.299 e. The molecule has 0 saturated carbocycles. The van der Waals surface area contributed by atoms with Gasteiger partial charge in [0.05, 0.1) is 13.1 Å². The zero-order valence-corrected chi connectivity index (χ0v) is 6.87. The monoisotopic (exact) mass is 185 g/mol. The molecule has 1 aromatic heterocycles. The van der Waals surface area contributed by atoms with Crippen molar-refractivity contribution in [2.45, 2.75) is 13.1 Å². The fourth-order valence-corrected chi connectivity index (χ4v) is 0.905. The maximum Gasteiger partial charge on any atom is 0.319 e. The Balaban J connectivity index is 2.56. The molecule has 0 saturated heterocycles. The number of terminal acetylenes is 1. The van der Waals surface area contributed by atoms with E-state index in [1.807, 2.05) is 0 Å². The molecule has 0 aromatic carbocycles. The van der Waals surface area contributed by atoms with E-state index in [2.05, 4.69) is 16.2 Å². The van der Waals surface area contributed by atoms with E-state index in [-0.39, 0.29) is 12.4 Å². The molecule has 0 aliphatic heterocycles. The van der Waals surface area contributed by atoms with Crippen molar-refractivity contribution in [3.8, 4) is 12.3 Å². The van der Waals surface area contributed by atoms with Crippen molar-refractivity contribution in [2.75, 3.05) is 6.54 Å². The molecule has 0 spiro atoms. The molecule has 1 N–H and O–H groups in total. The van der Waals surface area contributed by atoms with Crippen LogP contribution in [0.1, 0.15) is 12.4 Å². The lowest BCUT2D eigenvalue weighted by atomic mass is 10.5. The van der Waals surface area contributed by atoms with E-state index >= 15 is 0 Å². The molecule has 5 heteroatoms. The van der Waals surface area contributed by atoms with Crippen LogP contribution in [-0.2, 0) is 6.54 Å². The molecule has 0 unspecified atom stereocenters. The number of aromatic nitrogens is 2. The number of rotatable bonds is 4. The molecular formula is C8H9F2N3. The fraction of sp³-hybridized carbons (Fsp3) is 0.375. The fourth-order valence-electron chi connectivity index (χ4n) is 0.905. The van der Waals surface area contributed by atoms with E-state index in [1.165, 1.54) is 12.4 Å². The number of halogens is 2. The predicted octanol–water partition coefficient (Wildman–Crippen LogP) is 1.00. The Hall–Kier alpha value is -1.41. The minimum Gasteiger partial charge on any atom is -0.299 e. The van der Waals surface area contributed by atoms with Crippen LogP contribution in [0.4, 0.5) is 8.78 Å². The van der Waals surface area contributed by atoms with Crippen molar-refractivity contribution >= 4 is 0 Å². The van der Waals surface area contributed by atoms with Gasteiger partial charge in [0.25, 0.3) is 0 Å². The summed E-state index contributed by atoms with van der Waals surface area (Å²) in [4.78, 5) is 3.76. The van der Waals surface area contributed by atoms with E-state index in [1.54, 1.807) is 0 Å². The number of alkyl halides is 2. The SMILES string of the molecule is C#CCNCc1nccn1C(F)F. The Morgan fingerprint density at radius 3 is 3.08 bits per heavy atom. The van der Waals surface area contributed by atoms with E-state index < -0.39 is 6.55 Å². The Morgan fingerprint density at radius 2 is 2.46 bits per heavy atom. The van der Waals surface area contributed by atoms with Crippen molar-refractivity contribution in [3.63, 3.8) is 0 Å². The van der Waals surface area contributed by atoms with Gasteiger partial charge in [0.15, 0.2) is 0 Å². The maximum atomic E-state index is 12.2. The predicted molar refractivity (Wildman–Crippen MR) is 44.0 cm³/mol. The molecule has 3 nitrogen and oxygen atoms in total. The van der Waals surface area contributed by atoms with Crippen LogP contribution < -0.4 is 5.32 Å². The lowest BCUT2D eigenvalue weighted by Crippen LogP contribution is -2.17. The summed E-state index contributed by atoms with van der Waals surface area (Å²) in [6, 6.07) is 0. The second-order valence-electron chi connectivity index (χ2n) is 2.34. The average molecular weight is 185 g/mol. The van der Waals surface area contributed by atoms with E-state index in [9.17, 15) is 8.78 Å². The van der Waals surface area contributed by atoms with Gasteiger partial charge in [-0.15, -0.1) is 6.42 Å². The van der Waals surface area contributed by atoms with E-state index in [0.29, 0.717) is 6.54 Å². The van der Waals surface area contributed by atoms with Gasteiger partial charge in [-0.2, -0.15) is 8.78 Å². The van der Waals surface area contributed by atoms with Crippen LogP contribution in [0.3, 0.4) is 0 Å².